The minimum Gasteiger partial charge on any atom is -0.616 e. The van der Waals surface area contributed by atoms with E-state index in [1.165, 1.54) is 17.2 Å². The number of imidazole rings is 1. The van der Waals surface area contributed by atoms with Crippen LogP contribution in [-0.4, -0.2) is 45.4 Å². The standard InChI is InChI=1S/C22H24FN5O3/c1-2-14-28(31)20(29)18-19(26-17(25-18)15-22(23)11-6-7-12-24-22)27(21(28)30)13-10-16-8-4-3-5-9-16/h3-9,11-12,24H,2,10,13-15H2,1H3,(H,25,26). The Bertz CT molecular complexity index is 1050. The van der Waals surface area contributed by atoms with Crippen molar-refractivity contribution in [2.24, 2.45) is 0 Å². The number of H-pyrrole nitrogens is 1. The smallest absolute Gasteiger partial charge is 0.432 e. The molecular weight excluding hydrogens is 401 g/mol. The molecule has 2 aliphatic rings. The summed E-state index contributed by atoms with van der Waals surface area (Å²) in [4.78, 5) is 34.5. The fraction of sp³-hybridized carbons (Fsp3) is 0.318. The molecule has 0 radical (unpaired) electrons. The maximum absolute atomic E-state index is 15.0. The first kappa shape index (κ1) is 21.0. The van der Waals surface area contributed by atoms with Gasteiger partial charge in [0.15, 0.2) is 11.5 Å². The zero-order valence-electron chi connectivity index (χ0n) is 17.2. The number of hydrogen-bond donors (Lipinski definition) is 2. The van der Waals surface area contributed by atoms with Crippen LogP contribution in [0.2, 0.25) is 0 Å². The van der Waals surface area contributed by atoms with Crippen molar-refractivity contribution >= 4 is 17.8 Å². The van der Waals surface area contributed by atoms with Crippen molar-refractivity contribution in [3.63, 3.8) is 0 Å². The van der Waals surface area contributed by atoms with Crippen LogP contribution in [0.15, 0.2) is 54.8 Å². The van der Waals surface area contributed by atoms with Crippen LogP contribution in [0.25, 0.3) is 0 Å². The Kier molecular flexibility index (Phi) is 5.47. The molecule has 8 nitrogen and oxygen atoms in total. The Morgan fingerprint density at radius 2 is 2.00 bits per heavy atom. The minimum atomic E-state index is -1.88. The Morgan fingerprint density at radius 3 is 2.68 bits per heavy atom. The fourth-order valence-electron chi connectivity index (χ4n) is 3.84. The van der Waals surface area contributed by atoms with Crippen molar-refractivity contribution in [1.29, 1.82) is 0 Å². The zero-order valence-corrected chi connectivity index (χ0v) is 17.2. The van der Waals surface area contributed by atoms with E-state index in [1.54, 1.807) is 19.1 Å². The number of benzene rings is 1. The summed E-state index contributed by atoms with van der Waals surface area (Å²) < 4.78 is 13.4. The lowest BCUT2D eigenvalue weighted by Gasteiger charge is -2.42. The topological polar surface area (TPSA) is 101 Å². The Morgan fingerprint density at radius 1 is 1.23 bits per heavy atom. The lowest BCUT2D eigenvalue weighted by atomic mass is 10.1. The van der Waals surface area contributed by atoms with Gasteiger partial charge in [0.1, 0.15) is 5.82 Å². The summed E-state index contributed by atoms with van der Waals surface area (Å²) in [5, 5.41) is 15.9. The van der Waals surface area contributed by atoms with Crippen LogP contribution in [0, 0.1) is 5.21 Å². The Labute approximate surface area is 179 Å². The van der Waals surface area contributed by atoms with E-state index in [4.69, 9.17) is 0 Å². The molecule has 2 N–H and O–H groups in total. The van der Waals surface area contributed by atoms with E-state index in [0.717, 1.165) is 5.56 Å². The van der Waals surface area contributed by atoms with Gasteiger partial charge in [-0.05, 0) is 36.8 Å². The van der Waals surface area contributed by atoms with Crippen molar-refractivity contribution in [1.82, 2.24) is 15.3 Å². The second kappa shape index (κ2) is 8.09. The number of aromatic nitrogens is 2. The van der Waals surface area contributed by atoms with Crippen molar-refractivity contribution in [2.45, 2.75) is 32.0 Å². The number of fused-ring (bicyclic) bond motifs is 1. The van der Waals surface area contributed by atoms with E-state index in [1.807, 2.05) is 30.3 Å². The number of nitrogens with one attached hydrogen (secondary N) is 2. The van der Waals surface area contributed by atoms with Crippen LogP contribution in [0.1, 0.15) is 35.2 Å². The lowest BCUT2D eigenvalue weighted by Crippen LogP contribution is -2.62. The number of carbonyl (C=O) groups is 2. The average Bonchev–Trinajstić information content (AvgIpc) is 3.16. The molecule has 2 atom stereocenters. The highest BCUT2D eigenvalue weighted by atomic mass is 19.1. The van der Waals surface area contributed by atoms with Crippen LogP contribution in [0.5, 0.6) is 0 Å². The van der Waals surface area contributed by atoms with E-state index >= 15 is 0 Å². The van der Waals surface area contributed by atoms with Gasteiger partial charge in [0.25, 0.3) is 0 Å². The highest BCUT2D eigenvalue weighted by Gasteiger charge is 2.49. The van der Waals surface area contributed by atoms with Gasteiger partial charge in [-0.3, -0.25) is 0 Å². The molecule has 0 fully saturated rings. The minimum absolute atomic E-state index is 0.0509. The van der Waals surface area contributed by atoms with Crippen molar-refractivity contribution < 1.29 is 18.6 Å². The number of halogens is 1. The number of alkyl halides is 1. The molecule has 3 heterocycles. The van der Waals surface area contributed by atoms with Crippen LogP contribution in [0.3, 0.4) is 0 Å². The lowest BCUT2D eigenvalue weighted by molar-refractivity contribution is -0.712. The summed E-state index contributed by atoms with van der Waals surface area (Å²) in [6.45, 7) is 1.75. The van der Waals surface area contributed by atoms with Gasteiger partial charge in [-0.2, -0.15) is 0 Å². The van der Waals surface area contributed by atoms with Gasteiger partial charge in [0.2, 0.25) is 5.79 Å². The summed E-state index contributed by atoms with van der Waals surface area (Å²) in [5.41, 5.74) is 0.931. The first-order valence-corrected chi connectivity index (χ1v) is 10.3. The molecule has 9 heteroatoms. The largest absolute Gasteiger partial charge is 0.616 e. The van der Waals surface area contributed by atoms with Crippen LogP contribution in [0.4, 0.5) is 15.0 Å². The van der Waals surface area contributed by atoms with E-state index in [0.29, 0.717) is 12.8 Å². The maximum Gasteiger partial charge on any atom is 0.432 e. The quantitative estimate of drug-likeness (QED) is 0.403. The molecule has 0 saturated heterocycles. The van der Waals surface area contributed by atoms with Crippen molar-refractivity contribution in [3.05, 3.63) is 77.0 Å². The molecule has 1 aromatic carbocycles. The highest BCUT2D eigenvalue weighted by Crippen LogP contribution is 2.33. The summed E-state index contributed by atoms with van der Waals surface area (Å²) in [6, 6.07) is 8.65. The molecule has 3 amide bonds. The summed E-state index contributed by atoms with van der Waals surface area (Å²) in [5.74, 6) is -2.52. The van der Waals surface area contributed by atoms with E-state index in [2.05, 4.69) is 15.3 Å². The van der Waals surface area contributed by atoms with Crippen LogP contribution >= 0.6 is 0 Å². The predicted molar refractivity (Wildman–Crippen MR) is 114 cm³/mol. The molecule has 0 bridgehead atoms. The molecule has 0 saturated carbocycles. The second-order valence-electron chi connectivity index (χ2n) is 7.72. The molecule has 2 aliphatic heterocycles. The number of anilines is 1. The average molecular weight is 425 g/mol. The van der Waals surface area contributed by atoms with Crippen molar-refractivity contribution in [3.8, 4) is 0 Å². The number of carbonyl (C=O) groups excluding carboxylic acids is 2. The van der Waals surface area contributed by atoms with Gasteiger partial charge in [-0.1, -0.05) is 43.3 Å². The normalized spacial score (nSPS) is 24.9. The summed E-state index contributed by atoms with van der Waals surface area (Å²) >= 11 is 0. The summed E-state index contributed by atoms with van der Waals surface area (Å²) in [7, 11) is 0. The molecule has 162 valence electrons. The zero-order chi connectivity index (χ0) is 22.1. The van der Waals surface area contributed by atoms with Crippen LogP contribution < -0.4 is 10.2 Å². The number of imide groups is 1. The maximum atomic E-state index is 15.0. The predicted octanol–water partition coefficient (Wildman–Crippen LogP) is 3.34. The number of urea groups is 1. The SMILES string of the molecule is CCC[N+]1([O-])C(=O)c2[nH]c(CC3(F)C=CC=CN3)nc2N(CCc2ccccc2)C1=O. The van der Waals surface area contributed by atoms with Gasteiger partial charge < -0.3 is 15.5 Å². The van der Waals surface area contributed by atoms with Gasteiger partial charge in [-0.25, -0.2) is 28.5 Å². The number of dihydropyridines is 1. The van der Waals surface area contributed by atoms with Gasteiger partial charge in [0.05, 0.1) is 13.0 Å². The van der Waals surface area contributed by atoms with Gasteiger partial charge >= 0.3 is 11.9 Å². The molecule has 4 rings (SSSR count). The summed E-state index contributed by atoms with van der Waals surface area (Å²) in [6.07, 6.45) is 6.70. The van der Waals surface area contributed by atoms with Crippen LogP contribution in [-0.2, 0) is 12.8 Å². The number of hydrogen-bond acceptors (Lipinski definition) is 5. The third-order valence-corrected chi connectivity index (χ3v) is 5.39. The van der Waals surface area contributed by atoms with Crippen molar-refractivity contribution in [2.75, 3.05) is 18.0 Å². The number of amides is 3. The Balaban J connectivity index is 1.68. The first-order valence-electron chi connectivity index (χ1n) is 10.3. The van der Waals surface area contributed by atoms with E-state index in [9.17, 15) is 19.2 Å². The molecule has 1 aromatic heterocycles. The highest BCUT2D eigenvalue weighted by molar-refractivity contribution is 6.08. The first-order chi connectivity index (χ1) is 14.9. The molecule has 2 unspecified atom stereocenters. The molecule has 31 heavy (non-hydrogen) atoms. The number of aromatic amines is 1. The van der Waals surface area contributed by atoms with Gasteiger partial charge in [-0.15, -0.1) is 0 Å². The monoisotopic (exact) mass is 425 g/mol. The molecule has 0 spiro atoms. The second-order valence-corrected chi connectivity index (χ2v) is 7.72. The van der Waals surface area contributed by atoms with E-state index in [-0.39, 0.29) is 36.8 Å². The number of quaternary nitrogens is 1. The fourth-order valence-corrected chi connectivity index (χ4v) is 3.84. The third-order valence-electron chi connectivity index (χ3n) is 5.39. The van der Waals surface area contributed by atoms with E-state index < -0.39 is 22.4 Å². The molecule has 2 aromatic rings. The molecular formula is C22H24FN5O3. The third kappa shape index (κ3) is 3.89. The number of allylic oxidation sites excluding steroid dienone is 2. The number of nitrogens with zero attached hydrogens (tertiary/aromatic N) is 3. The number of rotatable bonds is 7. The van der Waals surface area contributed by atoms with Gasteiger partial charge in [0, 0.05) is 6.54 Å². The molecule has 0 aliphatic carbocycles. The Hall–Kier alpha value is -3.30. The number of hydroxylamine groups is 3.